The molecule has 0 spiro atoms. The number of carbonyl (C=O) groups excluding carboxylic acids is 2. The highest BCUT2D eigenvalue weighted by atomic mass is 35.5. The van der Waals surface area contributed by atoms with Crippen LogP contribution < -0.4 is 5.32 Å². The van der Waals surface area contributed by atoms with Crippen molar-refractivity contribution in [3.63, 3.8) is 0 Å². The number of halogens is 3. The molecule has 5 nitrogen and oxygen atoms in total. The van der Waals surface area contributed by atoms with Gasteiger partial charge in [0.05, 0.1) is 0 Å². The number of amides is 2. The van der Waals surface area contributed by atoms with Gasteiger partial charge in [-0.05, 0) is 36.6 Å². The summed E-state index contributed by atoms with van der Waals surface area (Å²) in [5, 5.41) is 12.8. The van der Waals surface area contributed by atoms with E-state index in [-0.39, 0.29) is 11.5 Å². The predicted octanol–water partition coefficient (Wildman–Crippen LogP) is 5.40. The molecule has 0 fully saturated rings. The summed E-state index contributed by atoms with van der Waals surface area (Å²) >= 11 is 18.9. The molecule has 152 valence electrons. The van der Waals surface area contributed by atoms with Crippen LogP contribution in [0, 0.1) is 17.4 Å². The van der Waals surface area contributed by atoms with Crippen LogP contribution in [0.2, 0.25) is 15.1 Å². The molecule has 0 bridgehead atoms. The van der Waals surface area contributed by atoms with Crippen molar-refractivity contribution >= 4 is 46.6 Å². The van der Waals surface area contributed by atoms with Gasteiger partial charge in [0.25, 0.3) is 11.8 Å². The largest absolute Gasteiger partial charge is 0.340 e. The van der Waals surface area contributed by atoms with Gasteiger partial charge < -0.3 is 5.32 Å². The number of hydrogen-bond acceptors (Lipinski definition) is 3. The van der Waals surface area contributed by atoms with Gasteiger partial charge in [0.2, 0.25) is 0 Å². The van der Waals surface area contributed by atoms with Gasteiger partial charge in [0.1, 0.15) is 6.04 Å². The summed E-state index contributed by atoms with van der Waals surface area (Å²) in [5.74, 6) is -0.793. The van der Waals surface area contributed by atoms with E-state index in [1.165, 1.54) is 13.1 Å². The molecule has 0 aliphatic rings. The first kappa shape index (κ1) is 23.0. The Balaban J connectivity index is 2.30. The molecule has 8 heteroatoms. The van der Waals surface area contributed by atoms with Crippen molar-refractivity contribution in [1.82, 2.24) is 10.2 Å². The van der Waals surface area contributed by atoms with Crippen molar-refractivity contribution in [2.45, 2.75) is 26.3 Å². The van der Waals surface area contributed by atoms with Gasteiger partial charge in [-0.2, -0.15) is 5.26 Å². The Morgan fingerprint density at radius 3 is 2.24 bits per heavy atom. The Morgan fingerprint density at radius 2 is 1.72 bits per heavy atom. The number of rotatable bonds is 6. The second-order valence-corrected chi connectivity index (χ2v) is 8.17. The maximum Gasteiger partial charge on any atom is 0.257 e. The van der Waals surface area contributed by atoms with E-state index in [9.17, 15) is 9.59 Å². The van der Waals surface area contributed by atoms with E-state index in [0.29, 0.717) is 32.6 Å². The Kier molecular flexibility index (Phi) is 7.92. The number of carbonyl (C=O) groups is 2. The minimum atomic E-state index is -0.816. The normalized spacial score (nSPS) is 11.7. The molecule has 0 radical (unpaired) electrons. The monoisotopic (exact) mass is 451 g/mol. The average Bonchev–Trinajstić information content (AvgIpc) is 2.66. The molecule has 0 saturated heterocycles. The molecule has 2 rings (SSSR count). The van der Waals surface area contributed by atoms with Crippen molar-refractivity contribution < 1.29 is 9.59 Å². The zero-order chi connectivity index (χ0) is 21.7. The summed E-state index contributed by atoms with van der Waals surface area (Å²) in [4.78, 5) is 26.0. The molecular formula is C21H20Cl3N3O2. The fourth-order valence-electron chi connectivity index (χ4n) is 2.83. The minimum absolute atomic E-state index is 0.143. The van der Waals surface area contributed by atoms with Crippen LogP contribution in [0.1, 0.15) is 30.6 Å². The third-order valence-electron chi connectivity index (χ3n) is 4.25. The molecule has 0 saturated carbocycles. The highest BCUT2D eigenvalue weighted by molar-refractivity contribution is 6.41. The third-order valence-corrected chi connectivity index (χ3v) is 5.20. The van der Waals surface area contributed by atoms with Crippen molar-refractivity contribution in [2.24, 2.45) is 5.92 Å². The predicted molar refractivity (Wildman–Crippen MR) is 116 cm³/mol. The molecule has 2 aromatic rings. The van der Waals surface area contributed by atoms with Gasteiger partial charge in [-0.15, -0.1) is 0 Å². The smallest absolute Gasteiger partial charge is 0.257 e. The topological polar surface area (TPSA) is 73.2 Å². The van der Waals surface area contributed by atoms with E-state index in [1.54, 1.807) is 36.5 Å². The fourth-order valence-corrected chi connectivity index (χ4v) is 3.71. The molecule has 2 aromatic carbocycles. The Bertz CT molecular complexity index is 950. The van der Waals surface area contributed by atoms with Crippen molar-refractivity contribution in [3.05, 3.63) is 57.0 Å². The SMILES string of the molecule is CC(C)C[C@H](NC(=O)c1ccc(-c2c(Cl)cccc2Cl)c(Cl)c1)C(=O)N(C)C#N. The van der Waals surface area contributed by atoms with E-state index < -0.39 is 17.9 Å². The van der Waals surface area contributed by atoms with Gasteiger partial charge in [-0.1, -0.05) is 60.8 Å². The highest BCUT2D eigenvalue weighted by Gasteiger charge is 2.26. The first-order valence-corrected chi connectivity index (χ1v) is 10.0. The van der Waals surface area contributed by atoms with Crippen molar-refractivity contribution in [2.75, 3.05) is 7.05 Å². The van der Waals surface area contributed by atoms with Crippen LogP contribution in [0.3, 0.4) is 0 Å². The van der Waals surface area contributed by atoms with Gasteiger partial charge in [0, 0.05) is 38.8 Å². The van der Waals surface area contributed by atoms with Crippen molar-refractivity contribution in [1.29, 1.82) is 5.26 Å². The van der Waals surface area contributed by atoms with Crippen molar-refractivity contribution in [3.8, 4) is 17.3 Å². The summed E-state index contributed by atoms with van der Waals surface area (Å²) in [6, 6.07) is 9.06. The number of nitrogens with one attached hydrogen (secondary N) is 1. The van der Waals surface area contributed by atoms with E-state index in [2.05, 4.69) is 5.32 Å². The lowest BCUT2D eigenvalue weighted by atomic mass is 10.0. The van der Waals surface area contributed by atoms with Crippen LogP contribution in [0.25, 0.3) is 11.1 Å². The lowest BCUT2D eigenvalue weighted by Gasteiger charge is -2.22. The lowest BCUT2D eigenvalue weighted by molar-refractivity contribution is -0.129. The Morgan fingerprint density at radius 1 is 1.10 bits per heavy atom. The molecule has 1 N–H and O–H groups in total. The van der Waals surface area contributed by atoms with Crippen LogP contribution in [0.4, 0.5) is 0 Å². The number of benzene rings is 2. The molecule has 0 aromatic heterocycles. The van der Waals surface area contributed by atoms with Crippen LogP contribution in [-0.4, -0.2) is 29.8 Å². The highest BCUT2D eigenvalue weighted by Crippen LogP contribution is 2.38. The molecule has 0 unspecified atom stereocenters. The van der Waals surface area contributed by atoms with Crippen LogP contribution in [0.5, 0.6) is 0 Å². The zero-order valence-corrected chi connectivity index (χ0v) is 18.4. The second kappa shape index (κ2) is 9.98. The number of hydrogen-bond donors (Lipinski definition) is 1. The second-order valence-electron chi connectivity index (χ2n) is 6.94. The molecule has 0 heterocycles. The van der Waals surface area contributed by atoms with Crippen LogP contribution in [-0.2, 0) is 4.79 Å². The Labute approximate surface area is 185 Å². The molecule has 29 heavy (non-hydrogen) atoms. The van der Waals surface area contributed by atoms with Gasteiger partial charge in [-0.25, -0.2) is 0 Å². The number of nitriles is 1. The third kappa shape index (κ3) is 5.63. The average molecular weight is 453 g/mol. The lowest BCUT2D eigenvalue weighted by Crippen LogP contribution is -2.46. The standard InChI is InChI=1S/C21H20Cl3N3O2/c1-12(2)9-18(21(29)27(3)11-25)26-20(28)13-7-8-14(17(24)10-13)19-15(22)5-4-6-16(19)23/h4-8,10,12,18H,9H2,1-3H3,(H,26,28)/t18-/m0/s1. The first-order valence-electron chi connectivity index (χ1n) is 8.87. The number of nitrogens with zero attached hydrogens (tertiary/aromatic N) is 2. The van der Waals surface area contributed by atoms with Gasteiger partial charge in [-0.3, -0.25) is 14.5 Å². The summed E-state index contributed by atoms with van der Waals surface area (Å²) in [6.45, 7) is 3.86. The van der Waals surface area contributed by atoms with Gasteiger partial charge in [0.15, 0.2) is 6.19 Å². The van der Waals surface area contributed by atoms with E-state index >= 15 is 0 Å². The van der Waals surface area contributed by atoms with Gasteiger partial charge >= 0.3 is 0 Å². The zero-order valence-electron chi connectivity index (χ0n) is 16.2. The maximum atomic E-state index is 12.7. The van der Waals surface area contributed by atoms with E-state index in [0.717, 1.165) is 4.90 Å². The molecule has 2 amide bonds. The molecule has 1 atom stereocenters. The van der Waals surface area contributed by atoms with E-state index in [4.69, 9.17) is 40.1 Å². The summed E-state index contributed by atoms with van der Waals surface area (Å²) in [7, 11) is 1.36. The maximum absolute atomic E-state index is 12.7. The summed E-state index contributed by atoms with van der Waals surface area (Å²) in [5.41, 5.74) is 1.46. The minimum Gasteiger partial charge on any atom is -0.340 e. The number of likely N-dealkylation sites (N-methyl/N-ethyl adjacent to an activating group) is 1. The quantitative estimate of drug-likeness (QED) is 0.471. The van der Waals surface area contributed by atoms with Crippen LogP contribution in [0.15, 0.2) is 36.4 Å². The molecule has 0 aliphatic heterocycles. The molecule has 0 aliphatic carbocycles. The summed E-state index contributed by atoms with van der Waals surface area (Å²) in [6.07, 6.45) is 2.16. The first-order chi connectivity index (χ1) is 13.6. The summed E-state index contributed by atoms with van der Waals surface area (Å²) < 4.78 is 0. The molecular weight excluding hydrogens is 433 g/mol. The van der Waals surface area contributed by atoms with Crippen LogP contribution >= 0.6 is 34.8 Å². The Hall–Kier alpha value is -2.26. The van der Waals surface area contributed by atoms with E-state index in [1.807, 2.05) is 13.8 Å². The fraction of sp³-hybridized carbons (Fsp3) is 0.286.